The van der Waals surface area contributed by atoms with E-state index >= 15 is 0 Å². The lowest BCUT2D eigenvalue weighted by Gasteiger charge is -2.25. The van der Waals surface area contributed by atoms with Gasteiger partial charge in [-0.3, -0.25) is 0 Å². The minimum Gasteiger partial charge on any atom is -0.794 e. The van der Waals surface area contributed by atoms with Crippen molar-refractivity contribution in [3.63, 3.8) is 0 Å². The Labute approximate surface area is 51.5 Å². The van der Waals surface area contributed by atoms with Crippen LogP contribution in [0.4, 0.5) is 0 Å². The molecule has 1 nitrogen and oxygen atoms in total. The van der Waals surface area contributed by atoms with Gasteiger partial charge in [0.25, 0.3) is 0 Å². The van der Waals surface area contributed by atoms with E-state index in [4.69, 9.17) is 0 Å². The van der Waals surface area contributed by atoms with E-state index in [0.717, 1.165) is 0 Å². The molecule has 7 heavy (non-hydrogen) atoms. The summed E-state index contributed by atoms with van der Waals surface area (Å²) in [7, 11) is -1.10. The largest absolute Gasteiger partial charge is 0.794 e. The highest BCUT2D eigenvalue weighted by atomic mass is 32.8. The highest BCUT2D eigenvalue weighted by Gasteiger charge is 2.04. The summed E-state index contributed by atoms with van der Waals surface area (Å²) < 4.78 is 10.2. The lowest BCUT2D eigenvalue weighted by atomic mass is 10.3. The maximum Gasteiger partial charge on any atom is -0.00127 e. The third-order valence-corrected chi connectivity index (χ3v) is 3.00. The molecule has 0 radical (unpaired) electrons. The van der Waals surface area contributed by atoms with Gasteiger partial charge in [0.05, 0.1) is 0 Å². The predicted octanol–water partition coefficient (Wildman–Crippen LogP) is 0.996. The summed E-state index contributed by atoms with van der Waals surface area (Å²) in [6, 6.07) is 0. The Hall–Kier alpha value is 0.530. The molecule has 0 saturated heterocycles. The molecule has 0 bridgehead atoms. The number of hydrogen-bond donors (Lipinski definition) is 0. The van der Waals surface area contributed by atoms with Crippen molar-refractivity contribution in [1.82, 2.24) is 0 Å². The van der Waals surface area contributed by atoms with Crippen LogP contribution in [0.25, 0.3) is 0 Å². The summed E-state index contributed by atoms with van der Waals surface area (Å²) in [4.78, 5) is 0. The maximum absolute atomic E-state index is 10.4. The van der Waals surface area contributed by atoms with Crippen molar-refractivity contribution in [3.8, 4) is 0 Å². The average Bonchev–Trinajstić information content (AvgIpc) is 1.31. The highest BCUT2D eigenvalue weighted by molar-refractivity contribution is 8.26. The van der Waals surface area contributed by atoms with Gasteiger partial charge in [0.2, 0.25) is 0 Å². The fourth-order valence-electron chi connectivity index (χ4n) is 0. The number of hydrogen-bond acceptors (Lipinski definition) is 2. The van der Waals surface area contributed by atoms with E-state index < -0.39 is 9.74 Å². The first-order valence-electron chi connectivity index (χ1n) is 2.04. The van der Waals surface area contributed by atoms with Gasteiger partial charge in [0.15, 0.2) is 0 Å². The minimum absolute atomic E-state index is 0.213. The normalized spacial score (nSPS) is 16.6. The highest BCUT2D eigenvalue weighted by Crippen LogP contribution is 2.07. The first kappa shape index (κ1) is 7.53. The molecule has 0 heterocycles. The van der Waals surface area contributed by atoms with E-state index in [1.54, 1.807) is 0 Å². The van der Waals surface area contributed by atoms with Gasteiger partial charge in [-0.2, -0.15) is 0 Å². The van der Waals surface area contributed by atoms with Gasteiger partial charge in [-0.1, -0.05) is 32.0 Å². The zero-order chi connectivity index (χ0) is 6.08. The second kappa shape index (κ2) is 2.20. The van der Waals surface area contributed by atoms with Gasteiger partial charge in [0.1, 0.15) is 0 Å². The molecule has 0 amide bonds. The maximum atomic E-state index is 10.4. The zero-order valence-electron chi connectivity index (χ0n) is 4.72. The fourth-order valence-corrected chi connectivity index (χ4v) is 0. The Balaban J connectivity index is 3.79. The summed E-state index contributed by atoms with van der Waals surface area (Å²) in [5.74, 6) is 0. The van der Waals surface area contributed by atoms with Crippen LogP contribution in [0.1, 0.15) is 20.8 Å². The van der Waals surface area contributed by atoms with E-state index in [1.807, 2.05) is 20.8 Å². The quantitative estimate of drug-likeness (QED) is 0.497. The average molecular weight is 137 g/mol. The van der Waals surface area contributed by atoms with Crippen LogP contribution in [-0.4, -0.2) is 9.30 Å². The molecule has 0 fully saturated rings. The van der Waals surface area contributed by atoms with E-state index in [9.17, 15) is 4.55 Å². The summed E-state index contributed by atoms with van der Waals surface area (Å²) >= 11 is 4.49. The summed E-state index contributed by atoms with van der Waals surface area (Å²) in [6.45, 7) is 5.57. The van der Waals surface area contributed by atoms with Crippen LogP contribution >= 0.6 is 0 Å². The van der Waals surface area contributed by atoms with Gasteiger partial charge in [-0.25, -0.2) is 9.74 Å². The van der Waals surface area contributed by atoms with Gasteiger partial charge >= 0.3 is 0 Å². The van der Waals surface area contributed by atoms with Crippen LogP contribution in [0.5, 0.6) is 0 Å². The van der Waals surface area contributed by atoms with Crippen molar-refractivity contribution in [3.05, 3.63) is 0 Å². The Morgan fingerprint density at radius 2 is 1.57 bits per heavy atom. The molecule has 0 aromatic rings. The Bertz CT molecular complexity index is 82.2. The topological polar surface area (TPSA) is 23.1 Å². The first-order valence-corrected chi connectivity index (χ1v) is 4.11. The number of rotatable bonds is 0. The molecule has 0 aliphatic rings. The molecular formula is C4H9OS2-. The van der Waals surface area contributed by atoms with Crippen molar-refractivity contribution >= 4 is 20.9 Å². The third kappa shape index (κ3) is 3.14. The molecular weight excluding hydrogens is 128 g/mol. The minimum atomic E-state index is -1.10. The van der Waals surface area contributed by atoms with E-state index in [-0.39, 0.29) is 4.75 Å². The van der Waals surface area contributed by atoms with Crippen LogP contribution in [0.2, 0.25) is 0 Å². The fraction of sp³-hybridized carbons (Fsp3) is 1.00. The van der Waals surface area contributed by atoms with Crippen LogP contribution in [0.3, 0.4) is 0 Å². The third-order valence-electron chi connectivity index (χ3n) is 0.500. The van der Waals surface area contributed by atoms with Crippen molar-refractivity contribution in [2.24, 2.45) is 0 Å². The van der Waals surface area contributed by atoms with Gasteiger partial charge < -0.3 is 4.55 Å². The zero-order valence-corrected chi connectivity index (χ0v) is 6.36. The molecule has 44 valence electrons. The Morgan fingerprint density at radius 1 is 1.43 bits per heavy atom. The first-order chi connectivity index (χ1) is 2.94. The van der Waals surface area contributed by atoms with Crippen LogP contribution < -0.4 is 0 Å². The van der Waals surface area contributed by atoms with E-state index in [2.05, 4.69) is 11.2 Å². The van der Waals surface area contributed by atoms with Crippen LogP contribution in [-0.2, 0) is 20.9 Å². The monoisotopic (exact) mass is 137 g/mol. The lowest BCUT2D eigenvalue weighted by molar-refractivity contribution is 0.579. The van der Waals surface area contributed by atoms with Crippen molar-refractivity contribution in [1.29, 1.82) is 0 Å². The molecule has 1 unspecified atom stereocenters. The van der Waals surface area contributed by atoms with Crippen molar-refractivity contribution in [2.75, 3.05) is 0 Å². The molecule has 0 aliphatic carbocycles. The molecule has 0 aromatic heterocycles. The predicted molar refractivity (Wildman–Crippen MR) is 35.3 cm³/mol. The Kier molecular flexibility index (Phi) is 2.37. The molecule has 3 heteroatoms. The molecule has 0 saturated carbocycles. The standard InChI is InChI=1S/C4H10OS2/c1-4(2,3)7(5)6/h1-3H3,(H,5,6)/p-1. The molecule has 0 aliphatic heterocycles. The summed E-state index contributed by atoms with van der Waals surface area (Å²) in [6.07, 6.45) is 0. The van der Waals surface area contributed by atoms with E-state index in [0.29, 0.717) is 0 Å². The molecule has 0 rings (SSSR count). The summed E-state index contributed by atoms with van der Waals surface area (Å²) in [5, 5.41) is 0. The van der Waals surface area contributed by atoms with Crippen LogP contribution in [0.15, 0.2) is 0 Å². The molecule has 0 spiro atoms. The van der Waals surface area contributed by atoms with Gasteiger partial charge in [-0.15, -0.1) is 0 Å². The smallest absolute Gasteiger partial charge is 0.00127 e. The van der Waals surface area contributed by atoms with Gasteiger partial charge in [0, 0.05) is 0 Å². The summed E-state index contributed by atoms with van der Waals surface area (Å²) in [5.41, 5.74) is 0. The lowest BCUT2D eigenvalue weighted by Crippen LogP contribution is -2.19. The van der Waals surface area contributed by atoms with E-state index in [1.165, 1.54) is 0 Å². The molecule has 0 aromatic carbocycles. The molecule has 1 atom stereocenters. The second-order valence-corrected chi connectivity index (χ2v) is 4.95. The van der Waals surface area contributed by atoms with Crippen molar-refractivity contribution < 1.29 is 4.55 Å². The van der Waals surface area contributed by atoms with Crippen molar-refractivity contribution in [2.45, 2.75) is 25.5 Å². The second-order valence-electron chi connectivity index (χ2n) is 2.35. The van der Waals surface area contributed by atoms with Gasteiger partial charge in [-0.05, 0) is 4.75 Å². The molecule has 0 N–H and O–H groups in total. The van der Waals surface area contributed by atoms with Crippen LogP contribution in [0, 0.1) is 0 Å². The Morgan fingerprint density at radius 3 is 1.57 bits per heavy atom. The SMILES string of the molecule is CC(C)(C)S([O-])=S.